The molecule has 4 heterocycles. The van der Waals surface area contributed by atoms with E-state index in [2.05, 4.69) is 27.4 Å². The Kier molecular flexibility index (Phi) is 4.88. The minimum absolute atomic E-state index is 0.0649. The SMILES string of the molecule is NC(=O)C1CCN(c2nc(-c3ccccn3)nc3scc(-c4ccccc4)c23)CC1. The number of carbonyl (C=O) groups is 1. The number of anilines is 1. The van der Waals surface area contributed by atoms with Crippen molar-refractivity contribution in [3.8, 4) is 22.6 Å². The van der Waals surface area contributed by atoms with Gasteiger partial charge in [0.25, 0.3) is 0 Å². The molecule has 4 aromatic rings. The van der Waals surface area contributed by atoms with Crippen LogP contribution in [0.4, 0.5) is 5.82 Å². The number of aromatic nitrogens is 3. The lowest BCUT2D eigenvalue weighted by Crippen LogP contribution is -2.39. The zero-order valence-corrected chi connectivity index (χ0v) is 17.2. The van der Waals surface area contributed by atoms with Crippen LogP contribution in [0.25, 0.3) is 32.9 Å². The van der Waals surface area contributed by atoms with Gasteiger partial charge in [-0.1, -0.05) is 36.4 Å². The smallest absolute Gasteiger partial charge is 0.220 e. The summed E-state index contributed by atoms with van der Waals surface area (Å²) >= 11 is 1.62. The molecule has 6 nitrogen and oxygen atoms in total. The molecular formula is C23H21N5OS. The molecule has 0 saturated carbocycles. The van der Waals surface area contributed by atoms with Crippen molar-refractivity contribution in [3.05, 3.63) is 60.1 Å². The van der Waals surface area contributed by atoms with Crippen molar-refractivity contribution in [1.82, 2.24) is 15.0 Å². The third-order valence-electron chi connectivity index (χ3n) is 5.59. The van der Waals surface area contributed by atoms with Gasteiger partial charge >= 0.3 is 0 Å². The Balaban J connectivity index is 1.65. The average Bonchev–Trinajstić information content (AvgIpc) is 3.24. The van der Waals surface area contributed by atoms with E-state index in [0.717, 1.165) is 58.8 Å². The number of nitrogens with zero attached hydrogens (tertiary/aromatic N) is 4. The van der Waals surface area contributed by atoms with Crippen molar-refractivity contribution in [1.29, 1.82) is 0 Å². The van der Waals surface area contributed by atoms with Crippen LogP contribution in [-0.2, 0) is 4.79 Å². The zero-order valence-electron chi connectivity index (χ0n) is 16.4. The van der Waals surface area contributed by atoms with Gasteiger partial charge in [-0.3, -0.25) is 9.78 Å². The van der Waals surface area contributed by atoms with Crippen LogP contribution < -0.4 is 10.6 Å². The first-order valence-corrected chi connectivity index (χ1v) is 10.9. The monoisotopic (exact) mass is 415 g/mol. The van der Waals surface area contributed by atoms with Crippen LogP contribution in [-0.4, -0.2) is 33.9 Å². The van der Waals surface area contributed by atoms with Crippen molar-refractivity contribution in [2.75, 3.05) is 18.0 Å². The van der Waals surface area contributed by atoms with E-state index in [1.807, 2.05) is 36.4 Å². The molecule has 150 valence electrons. The maximum atomic E-state index is 11.6. The molecule has 1 aliphatic heterocycles. The molecule has 5 rings (SSSR count). The molecule has 1 fully saturated rings. The zero-order chi connectivity index (χ0) is 20.5. The molecule has 1 saturated heterocycles. The molecule has 0 bridgehead atoms. The molecule has 0 radical (unpaired) electrons. The van der Waals surface area contributed by atoms with E-state index in [1.54, 1.807) is 17.5 Å². The highest BCUT2D eigenvalue weighted by Crippen LogP contribution is 2.40. The lowest BCUT2D eigenvalue weighted by molar-refractivity contribution is -0.122. The lowest BCUT2D eigenvalue weighted by Gasteiger charge is -2.32. The fraction of sp³-hybridized carbons (Fsp3) is 0.217. The first kappa shape index (κ1) is 18.7. The molecule has 0 atom stereocenters. The molecule has 0 spiro atoms. The summed E-state index contributed by atoms with van der Waals surface area (Å²) in [4.78, 5) is 29.1. The highest BCUT2D eigenvalue weighted by molar-refractivity contribution is 7.17. The summed E-state index contributed by atoms with van der Waals surface area (Å²) in [5.41, 5.74) is 8.57. The number of primary amides is 1. The summed E-state index contributed by atoms with van der Waals surface area (Å²) < 4.78 is 0. The van der Waals surface area contributed by atoms with E-state index in [4.69, 9.17) is 15.7 Å². The van der Waals surface area contributed by atoms with E-state index in [1.165, 1.54) is 0 Å². The number of hydrogen-bond acceptors (Lipinski definition) is 6. The summed E-state index contributed by atoms with van der Waals surface area (Å²) in [6, 6.07) is 16.1. The first-order valence-electron chi connectivity index (χ1n) is 10.0. The normalized spacial score (nSPS) is 14.9. The van der Waals surface area contributed by atoms with Gasteiger partial charge in [0.2, 0.25) is 5.91 Å². The van der Waals surface area contributed by atoms with E-state index < -0.39 is 0 Å². The van der Waals surface area contributed by atoms with E-state index in [0.29, 0.717) is 5.82 Å². The van der Waals surface area contributed by atoms with Crippen molar-refractivity contribution >= 4 is 33.3 Å². The topological polar surface area (TPSA) is 85.0 Å². The molecule has 2 N–H and O–H groups in total. The fourth-order valence-electron chi connectivity index (χ4n) is 3.97. The van der Waals surface area contributed by atoms with Crippen LogP contribution >= 0.6 is 11.3 Å². The molecule has 3 aromatic heterocycles. The number of benzene rings is 1. The maximum Gasteiger partial charge on any atom is 0.220 e. The third kappa shape index (κ3) is 3.41. The standard InChI is InChI=1S/C23H21N5OS/c24-20(29)16-9-12-28(13-10-16)22-19-17(15-6-2-1-3-7-15)14-30-23(19)27-21(26-22)18-8-4-5-11-25-18/h1-8,11,14,16H,9-10,12-13H2,(H2,24,29). The van der Waals surface area contributed by atoms with Gasteiger partial charge < -0.3 is 10.6 Å². The predicted octanol–water partition coefficient (Wildman–Crippen LogP) is 4.12. The van der Waals surface area contributed by atoms with Crippen LogP contribution in [0.2, 0.25) is 0 Å². The Labute approximate surface area is 178 Å². The maximum absolute atomic E-state index is 11.6. The number of pyridine rings is 1. The van der Waals surface area contributed by atoms with Crippen LogP contribution in [0.5, 0.6) is 0 Å². The van der Waals surface area contributed by atoms with Gasteiger partial charge in [0.1, 0.15) is 16.3 Å². The number of thiophene rings is 1. The van der Waals surface area contributed by atoms with Crippen LogP contribution in [0.15, 0.2) is 60.1 Å². The average molecular weight is 416 g/mol. The van der Waals surface area contributed by atoms with E-state index in [-0.39, 0.29) is 11.8 Å². The lowest BCUT2D eigenvalue weighted by atomic mass is 9.96. The van der Waals surface area contributed by atoms with Crippen LogP contribution in [0.3, 0.4) is 0 Å². The minimum Gasteiger partial charge on any atom is -0.369 e. The Morgan fingerprint density at radius 2 is 1.80 bits per heavy atom. The molecule has 30 heavy (non-hydrogen) atoms. The number of amides is 1. The Morgan fingerprint density at radius 1 is 1.03 bits per heavy atom. The van der Waals surface area contributed by atoms with Crippen molar-refractivity contribution in [2.45, 2.75) is 12.8 Å². The van der Waals surface area contributed by atoms with Crippen molar-refractivity contribution < 1.29 is 4.79 Å². The number of carbonyl (C=O) groups excluding carboxylic acids is 1. The molecule has 7 heteroatoms. The number of nitrogens with two attached hydrogens (primary N) is 1. The Hall–Kier alpha value is -3.32. The van der Waals surface area contributed by atoms with Crippen molar-refractivity contribution in [2.24, 2.45) is 11.7 Å². The Morgan fingerprint density at radius 3 is 2.50 bits per heavy atom. The summed E-state index contributed by atoms with van der Waals surface area (Å²) in [5, 5.41) is 3.21. The second kappa shape index (κ2) is 7.84. The van der Waals surface area contributed by atoms with Gasteiger partial charge in [0.05, 0.1) is 5.39 Å². The van der Waals surface area contributed by atoms with Gasteiger partial charge in [-0.2, -0.15) is 0 Å². The molecule has 1 aromatic carbocycles. The van der Waals surface area contributed by atoms with Gasteiger partial charge in [-0.05, 0) is 30.5 Å². The van der Waals surface area contributed by atoms with Gasteiger partial charge in [-0.15, -0.1) is 11.3 Å². The number of fused-ring (bicyclic) bond motifs is 1. The summed E-state index contributed by atoms with van der Waals surface area (Å²) in [5.74, 6) is 1.25. The second-order valence-corrected chi connectivity index (χ2v) is 8.30. The minimum atomic E-state index is -0.211. The Bertz CT molecular complexity index is 1180. The van der Waals surface area contributed by atoms with Crippen LogP contribution in [0, 0.1) is 5.92 Å². The largest absolute Gasteiger partial charge is 0.369 e. The highest BCUT2D eigenvalue weighted by Gasteiger charge is 2.27. The van der Waals surface area contributed by atoms with Crippen LogP contribution in [0.1, 0.15) is 12.8 Å². The molecule has 1 aliphatic rings. The molecule has 1 amide bonds. The van der Waals surface area contributed by atoms with Crippen molar-refractivity contribution in [3.63, 3.8) is 0 Å². The number of piperidine rings is 1. The van der Waals surface area contributed by atoms with Gasteiger partial charge in [0.15, 0.2) is 5.82 Å². The summed E-state index contributed by atoms with van der Waals surface area (Å²) in [6.07, 6.45) is 3.24. The van der Waals surface area contributed by atoms with Gasteiger partial charge in [-0.25, -0.2) is 9.97 Å². The number of hydrogen-bond donors (Lipinski definition) is 1. The summed E-state index contributed by atoms with van der Waals surface area (Å²) in [7, 11) is 0. The third-order valence-corrected chi connectivity index (χ3v) is 6.46. The van der Waals surface area contributed by atoms with E-state index >= 15 is 0 Å². The molecular weight excluding hydrogens is 394 g/mol. The second-order valence-electron chi connectivity index (χ2n) is 7.45. The fourth-order valence-corrected chi connectivity index (χ4v) is 4.91. The predicted molar refractivity (Wildman–Crippen MR) is 120 cm³/mol. The summed E-state index contributed by atoms with van der Waals surface area (Å²) in [6.45, 7) is 1.48. The highest BCUT2D eigenvalue weighted by atomic mass is 32.1. The van der Waals surface area contributed by atoms with Gasteiger partial charge in [0, 0.05) is 36.1 Å². The number of rotatable bonds is 4. The molecule has 0 unspecified atom stereocenters. The molecule has 0 aliphatic carbocycles. The first-order chi connectivity index (χ1) is 14.7. The quantitative estimate of drug-likeness (QED) is 0.542. The van der Waals surface area contributed by atoms with E-state index in [9.17, 15) is 4.79 Å².